The van der Waals surface area contributed by atoms with Gasteiger partial charge in [-0.25, -0.2) is 0 Å². The molecule has 1 aliphatic rings. The van der Waals surface area contributed by atoms with Gasteiger partial charge in [-0.1, -0.05) is 13.0 Å². The van der Waals surface area contributed by atoms with E-state index in [1.165, 1.54) is 7.11 Å². The first-order valence-corrected chi connectivity index (χ1v) is 8.22. The van der Waals surface area contributed by atoms with Crippen LogP contribution in [0.3, 0.4) is 0 Å². The Labute approximate surface area is 142 Å². The molecule has 1 atom stereocenters. The Morgan fingerprint density at radius 3 is 2.92 bits per heavy atom. The van der Waals surface area contributed by atoms with Crippen molar-refractivity contribution in [2.45, 2.75) is 25.8 Å². The third-order valence-electron chi connectivity index (χ3n) is 4.00. The van der Waals surface area contributed by atoms with Gasteiger partial charge in [-0.3, -0.25) is 9.59 Å². The van der Waals surface area contributed by atoms with E-state index in [1.54, 1.807) is 23.1 Å². The van der Waals surface area contributed by atoms with Crippen LogP contribution in [0.5, 0.6) is 11.5 Å². The van der Waals surface area contributed by atoms with Crippen molar-refractivity contribution in [3.63, 3.8) is 0 Å². The minimum Gasteiger partial charge on any atom is -0.493 e. The standard InChI is InChI=1S/C17H25N3O4/c1-3-13-16(21)19-9-10-20(13)17(22)12-6-4-7-14(23-2)15(12)24-11-5-8-18/h4,6-7,13H,3,5,8-11,18H2,1-2H3,(H,19,21)/t13-/m1/s1. The normalized spacial score (nSPS) is 17.4. The second kappa shape index (κ2) is 8.54. The van der Waals surface area contributed by atoms with Gasteiger partial charge in [0.15, 0.2) is 11.5 Å². The van der Waals surface area contributed by atoms with Crippen LogP contribution in [-0.2, 0) is 4.79 Å². The summed E-state index contributed by atoms with van der Waals surface area (Å²) < 4.78 is 11.1. The van der Waals surface area contributed by atoms with Crippen molar-refractivity contribution >= 4 is 11.8 Å². The van der Waals surface area contributed by atoms with Gasteiger partial charge in [0.1, 0.15) is 6.04 Å². The summed E-state index contributed by atoms with van der Waals surface area (Å²) in [4.78, 5) is 26.6. The summed E-state index contributed by atoms with van der Waals surface area (Å²) in [5.74, 6) is 0.551. The van der Waals surface area contributed by atoms with Crippen LogP contribution in [0.25, 0.3) is 0 Å². The highest BCUT2D eigenvalue weighted by atomic mass is 16.5. The zero-order chi connectivity index (χ0) is 17.5. The molecule has 1 heterocycles. The Kier molecular flexibility index (Phi) is 6.43. The highest BCUT2D eigenvalue weighted by Crippen LogP contribution is 2.32. The number of ether oxygens (including phenoxy) is 2. The number of piperazine rings is 1. The second-order valence-electron chi connectivity index (χ2n) is 5.54. The maximum absolute atomic E-state index is 13.0. The number of carbonyl (C=O) groups excluding carboxylic acids is 2. The lowest BCUT2D eigenvalue weighted by Gasteiger charge is -2.34. The van der Waals surface area contributed by atoms with Crippen LogP contribution in [-0.4, -0.2) is 56.1 Å². The fraction of sp³-hybridized carbons (Fsp3) is 0.529. The van der Waals surface area contributed by atoms with Gasteiger partial charge in [-0.05, 0) is 31.5 Å². The largest absolute Gasteiger partial charge is 0.493 e. The summed E-state index contributed by atoms with van der Waals surface area (Å²) in [5.41, 5.74) is 5.90. The molecule has 24 heavy (non-hydrogen) atoms. The van der Waals surface area contributed by atoms with Gasteiger partial charge in [0.2, 0.25) is 5.91 Å². The number of methoxy groups -OCH3 is 1. The lowest BCUT2D eigenvalue weighted by molar-refractivity contribution is -0.127. The monoisotopic (exact) mass is 335 g/mol. The van der Waals surface area contributed by atoms with Gasteiger partial charge in [0.25, 0.3) is 5.91 Å². The van der Waals surface area contributed by atoms with E-state index in [-0.39, 0.29) is 11.8 Å². The number of para-hydroxylation sites is 1. The summed E-state index contributed by atoms with van der Waals surface area (Å²) in [7, 11) is 1.53. The zero-order valence-electron chi connectivity index (χ0n) is 14.2. The average Bonchev–Trinajstić information content (AvgIpc) is 2.61. The van der Waals surface area contributed by atoms with E-state index in [0.717, 1.165) is 0 Å². The Morgan fingerprint density at radius 1 is 1.46 bits per heavy atom. The predicted molar refractivity (Wildman–Crippen MR) is 90.3 cm³/mol. The zero-order valence-corrected chi connectivity index (χ0v) is 14.2. The molecule has 1 saturated heterocycles. The molecule has 1 aromatic carbocycles. The molecule has 0 radical (unpaired) electrons. The van der Waals surface area contributed by atoms with Crippen LogP contribution in [0.15, 0.2) is 18.2 Å². The molecule has 0 saturated carbocycles. The molecule has 1 fully saturated rings. The predicted octanol–water partition coefficient (Wildman–Crippen LogP) is 0.773. The number of amides is 2. The number of benzene rings is 1. The molecule has 0 bridgehead atoms. The topological polar surface area (TPSA) is 93.9 Å². The van der Waals surface area contributed by atoms with Crippen LogP contribution < -0.4 is 20.5 Å². The first-order chi connectivity index (χ1) is 11.6. The van der Waals surface area contributed by atoms with Crippen molar-refractivity contribution < 1.29 is 19.1 Å². The Hall–Kier alpha value is -2.28. The third-order valence-corrected chi connectivity index (χ3v) is 4.00. The van der Waals surface area contributed by atoms with Crippen molar-refractivity contribution in [2.24, 2.45) is 5.73 Å². The molecule has 0 aliphatic carbocycles. The summed E-state index contributed by atoms with van der Waals surface area (Å²) in [5, 5.41) is 2.80. The number of hydrogen-bond acceptors (Lipinski definition) is 5. The first-order valence-electron chi connectivity index (χ1n) is 8.22. The minimum absolute atomic E-state index is 0.120. The maximum atomic E-state index is 13.0. The average molecular weight is 335 g/mol. The maximum Gasteiger partial charge on any atom is 0.258 e. The SMILES string of the molecule is CC[C@@H]1C(=O)NCCN1C(=O)c1cccc(OC)c1OCCCN. The van der Waals surface area contributed by atoms with Crippen LogP contribution in [0, 0.1) is 0 Å². The smallest absolute Gasteiger partial charge is 0.258 e. The fourth-order valence-corrected chi connectivity index (χ4v) is 2.77. The van der Waals surface area contributed by atoms with Crippen LogP contribution in [0.1, 0.15) is 30.1 Å². The molecule has 0 spiro atoms. The molecule has 2 rings (SSSR count). The summed E-state index contributed by atoms with van der Waals surface area (Å²) in [6, 6.07) is 4.72. The summed E-state index contributed by atoms with van der Waals surface area (Å²) in [6.07, 6.45) is 1.24. The number of carbonyl (C=O) groups is 2. The van der Waals surface area contributed by atoms with Gasteiger partial charge < -0.3 is 25.4 Å². The van der Waals surface area contributed by atoms with Gasteiger partial charge in [-0.2, -0.15) is 0 Å². The molecule has 2 amide bonds. The van der Waals surface area contributed by atoms with Crippen molar-refractivity contribution in [1.29, 1.82) is 0 Å². The molecular formula is C17H25N3O4. The van der Waals surface area contributed by atoms with Gasteiger partial charge in [0.05, 0.1) is 19.3 Å². The summed E-state index contributed by atoms with van der Waals surface area (Å²) in [6.45, 7) is 3.72. The Balaban J connectivity index is 2.31. The van der Waals surface area contributed by atoms with Crippen molar-refractivity contribution in [1.82, 2.24) is 10.2 Å². The van der Waals surface area contributed by atoms with Crippen molar-refractivity contribution in [3.8, 4) is 11.5 Å². The fourth-order valence-electron chi connectivity index (χ4n) is 2.77. The van der Waals surface area contributed by atoms with E-state index in [1.807, 2.05) is 6.92 Å². The Morgan fingerprint density at radius 2 is 2.25 bits per heavy atom. The third kappa shape index (κ3) is 3.79. The lowest BCUT2D eigenvalue weighted by Crippen LogP contribution is -2.56. The number of nitrogens with one attached hydrogen (secondary N) is 1. The second-order valence-corrected chi connectivity index (χ2v) is 5.54. The van der Waals surface area contributed by atoms with Crippen molar-refractivity contribution in [3.05, 3.63) is 23.8 Å². The van der Waals surface area contributed by atoms with Crippen LogP contribution >= 0.6 is 0 Å². The summed E-state index contributed by atoms with van der Waals surface area (Å²) >= 11 is 0. The molecule has 132 valence electrons. The molecule has 0 aromatic heterocycles. The molecule has 3 N–H and O–H groups in total. The Bertz CT molecular complexity index is 591. The van der Waals surface area contributed by atoms with E-state index >= 15 is 0 Å². The van der Waals surface area contributed by atoms with E-state index in [9.17, 15) is 9.59 Å². The number of rotatable bonds is 7. The van der Waals surface area contributed by atoms with E-state index in [2.05, 4.69) is 5.32 Å². The number of nitrogens with zero attached hydrogens (tertiary/aromatic N) is 1. The molecule has 1 aromatic rings. The molecule has 7 nitrogen and oxygen atoms in total. The highest BCUT2D eigenvalue weighted by molar-refractivity contribution is 6.00. The van der Waals surface area contributed by atoms with E-state index < -0.39 is 6.04 Å². The van der Waals surface area contributed by atoms with E-state index in [0.29, 0.717) is 56.1 Å². The first kappa shape index (κ1) is 18.1. The van der Waals surface area contributed by atoms with Crippen molar-refractivity contribution in [2.75, 3.05) is 33.4 Å². The molecular weight excluding hydrogens is 310 g/mol. The minimum atomic E-state index is -0.464. The van der Waals surface area contributed by atoms with E-state index in [4.69, 9.17) is 15.2 Å². The van der Waals surface area contributed by atoms with Gasteiger partial charge in [-0.15, -0.1) is 0 Å². The molecule has 7 heteroatoms. The van der Waals surface area contributed by atoms with Crippen LogP contribution in [0.2, 0.25) is 0 Å². The van der Waals surface area contributed by atoms with Crippen LogP contribution in [0.4, 0.5) is 0 Å². The number of hydrogen-bond donors (Lipinski definition) is 2. The quantitative estimate of drug-likeness (QED) is 0.718. The molecule has 0 unspecified atom stereocenters. The molecule has 1 aliphatic heterocycles. The lowest BCUT2D eigenvalue weighted by atomic mass is 10.1. The number of nitrogens with two attached hydrogens (primary N) is 1. The highest BCUT2D eigenvalue weighted by Gasteiger charge is 2.33. The van der Waals surface area contributed by atoms with Gasteiger partial charge in [0, 0.05) is 13.1 Å². The van der Waals surface area contributed by atoms with Gasteiger partial charge >= 0.3 is 0 Å².